The van der Waals surface area contributed by atoms with E-state index in [2.05, 4.69) is 12.2 Å². The minimum Gasteiger partial charge on any atom is -0.490 e. The summed E-state index contributed by atoms with van der Waals surface area (Å²) < 4.78 is 4.98. The molecule has 0 aliphatic rings. The van der Waals surface area contributed by atoms with Crippen molar-refractivity contribution in [3.05, 3.63) is 33.9 Å². The van der Waals surface area contributed by atoms with Crippen LogP contribution in [0.3, 0.4) is 0 Å². The summed E-state index contributed by atoms with van der Waals surface area (Å²) in [5.41, 5.74) is 0.751. The summed E-state index contributed by atoms with van der Waals surface area (Å²) in [5.74, 6) is 1.14. The van der Waals surface area contributed by atoms with Gasteiger partial charge in [-0.25, -0.2) is 0 Å². The van der Waals surface area contributed by atoms with Crippen LogP contribution in [0.1, 0.15) is 45.1 Å². The molecule has 0 radical (unpaired) electrons. The molecule has 134 valence electrons. The number of nitro benzene ring substituents is 1. The molecule has 0 fully saturated rings. The molecule has 24 heavy (non-hydrogen) atoms. The zero-order valence-corrected chi connectivity index (χ0v) is 15.4. The molecule has 0 aliphatic carbocycles. The van der Waals surface area contributed by atoms with Gasteiger partial charge in [-0.05, 0) is 25.0 Å². The van der Waals surface area contributed by atoms with Gasteiger partial charge in [-0.3, -0.25) is 14.9 Å². The lowest BCUT2D eigenvalue weighted by molar-refractivity contribution is -0.385. The number of carbonyl (C=O) groups is 1. The van der Waals surface area contributed by atoms with Crippen LogP contribution in [-0.4, -0.2) is 29.7 Å². The van der Waals surface area contributed by atoms with Crippen LogP contribution in [0.2, 0.25) is 0 Å². The van der Waals surface area contributed by atoms with Crippen LogP contribution in [0, 0.1) is 10.1 Å². The number of ether oxygens (including phenoxy) is 1. The van der Waals surface area contributed by atoms with E-state index in [1.807, 2.05) is 6.92 Å². The summed E-state index contributed by atoms with van der Waals surface area (Å²) in [6.07, 6.45) is 4.48. The fraction of sp³-hybridized carbons (Fsp3) is 0.588. The van der Waals surface area contributed by atoms with E-state index in [0.29, 0.717) is 11.5 Å². The Labute approximate surface area is 147 Å². The predicted octanol–water partition coefficient (Wildman–Crippen LogP) is 3.92. The molecule has 6 nitrogen and oxygen atoms in total. The van der Waals surface area contributed by atoms with Crippen LogP contribution >= 0.6 is 11.8 Å². The van der Waals surface area contributed by atoms with Crippen molar-refractivity contribution < 1.29 is 14.5 Å². The van der Waals surface area contributed by atoms with Crippen LogP contribution in [0.25, 0.3) is 0 Å². The smallest absolute Gasteiger partial charge is 0.311 e. The van der Waals surface area contributed by atoms with Gasteiger partial charge in [0.05, 0.1) is 17.8 Å². The number of thioether (sulfide) groups is 1. The largest absolute Gasteiger partial charge is 0.490 e. The maximum Gasteiger partial charge on any atom is 0.311 e. The van der Waals surface area contributed by atoms with Gasteiger partial charge in [0.15, 0.2) is 5.75 Å². The number of nitrogens with one attached hydrogen (secondary N) is 1. The van der Waals surface area contributed by atoms with Crippen LogP contribution in [0.4, 0.5) is 5.69 Å². The third-order valence-electron chi connectivity index (χ3n) is 3.59. The lowest BCUT2D eigenvalue weighted by atomic mass is 10.1. The third-order valence-corrected chi connectivity index (χ3v) is 4.59. The van der Waals surface area contributed by atoms with E-state index < -0.39 is 4.92 Å². The summed E-state index contributed by atoms with van der Waals surface area (Å²) in [4.78, 5) is 22.4. The van der Waals surface area contributed by atoms with Gasteiger partial charge in [0.25, 0.3) is 0 Å². The minimum absolute atomic E-state index is 0.00649. The quantitative estimate of drug-likeness (QED) is 0.370. The van der Waals surface area contributed by atoms with E-state index >= 15 is 0 Å². The molecule has 0 bridgehead atoms. The number of benzene rings is 1. The number of carbonyl (C=O) groups excluding carboxylic acids is 1. The number of nitro groups is 1. The summed E-state index contributed by atoms with van der Waals surface area (Å²) in [7, 11) is 1.41. The van der Waals surface area contributed by atoms with Crippen molar-refractivity contribution in [2.45, 2.75) is 51.3 Å². The highest BCUT2D eigenvalue weighted by Gasteiger charge is 2.15. The zero-order chi connectivity index (χ0) is 17.9. The Bertz CT molecular complexity index is 551. The number of hydrogen-bond donors (Lipinski definition) is 1. The molecule has 1 N–H and O–H groups in total. The van der Waals surface area contributed by atoms with Gasteiger partial charge in [-0.1, -0.05) is 32.3 Å². The number of rotatable bonds is 11. The van der Waals surface area contributed by atoms with E-state index in [4.69, 9.17) is 4.74 Å². The number of unbranched alkanes of at least 4 members (excludes halogenated alkanes) is 2. The highest BCUT2D eigenvalue weighted by atomic mass is 32.2. The number of methoxy groups -OCH3 is 1. The van der Waals surface area contributed by atoms with Gasteiger partial charge in [0.1, 0.15) is 0 Å². The molecule has 0 spiro atoms. The van der Waals surface area contributed by atoms with Gasteiger partial charge in [-0.2, -0.15) is 0 Å². The van der Waals surface area contributed by atoms with E-state index in [0.717, 1.165) is 18.4 Å². The molecule has 0 aromatic heterocycles. The summed E-state index contributed by atoms with van der Waals surface area (Å²) in [6, 6.07) is 5.05. The first-order chi connectivity index (χ1) is 11.5. The molecule has 0 saturated heterocycles. The van der Waals surface area contributed by atoms with Gasteiger partial charge >= 0.3 is 5.69 Å². The van der Waals surface area contributed by atoms with Gasteiger partial charge < -0.3 is 10.1 Å². The summed E-state index contributed by atoms with van der Waals surface area (Å²) in [5, 5.41) is 14.0. The Hall–Kier alpha value is -1.76. The van der Waals surface area contributed by atoms with Crippen molar-refractivity contribution in [3.63, 3.8) is 0 Å². The monoisotopic (exact) mass is 354 g/mol. The lowest BCUT2D eigenvalue weighted by Gasteiger charge is -2.13. The van der Waals surface area contributed by atoms with E-state index in [1.165, 1.54) is 37.8 Å². The van der Waals surface area contributed by atoms with Crippen molar-refractivity contribution in [1.82, 2.24) is 5.32 Å². The molecule has 7 heteroatoms. The van der Waals surface area contributed by atoms with Crippen molar-refractivity contribution in [1.29, 1.82) is 0 Å². The molecule has 1 aromatic carbocycles. The van der Waals surface area contributed by atoms with E-state index in [1.54, 1.807) is 12.1 Å². The Morgan fingerprint density at radius 1 is 1.42 bits per heavy atom. The molecular formula is C17H26N2O4S. The van der Waals surface area contributed by atoms with Crippen LogP contribution in [0.15, 0.2) is 18.2 Å². The molecule has 1 amide bonds. The molecule has 0 unspecified atom stereocenters. The average molecular weight is 354 g/mol. The Kier molecular flexibility index (Phi) is 9.22. The summed E-state index contributed by atoms with van der Waals surface area (Å²) in [6.45, 7) is 4.18. The molecule has 0 saturated carbocycles. The first-order valence-electron chi connectivity index (χ1n) is 8.16. The van der Waals surface area contributed by atoms with Crippen molar-refractivity contribution in [2.24, 2.45) is 0 Å². The Balaban J connectivity index is 2.40. The topological polar surface area (TPSA) is 81.5 Å². The lowest BCUT2D eigenvalue weighted by Crippen LogP contribution is -2.33. The van der Waals surface area contributed by atoms with Crippen molar-refractivity contribution in [3.8, 4) is 5.75 Å². The average Bonchev–Trinajstić information content (AvgIpc) is 2.54. The standard InChI is InChI=1S/C17H26N2O4S/c1-4-5-6-7-13(2)18-17(20)12-24-11-14-8-9-16(23-3)15(10-14)19(21)22/h8-10,13H,4-7,11-12H2,1-3H3,(H,18,20)/t13-/m1/s1. The second-order valence-corrected chi connectivity index (χ2v) is 6.71. The van der Waals surface area contributed by atoms with Crippen LogP contribution < -0.4 is 10.1 Å². The SMILES string of the molecule is CCCCC[C@@H](C)NC(=O)CSCc1ccc(OC)c([N+](=O)[O-])c1. The van der Waals surface area contributed by atoms with Crippen molar-refractivity contribution in [2.75, 3.05) is 12.9 Å². The van der Waals surface area contributed by atoms with E-state index in [9.17, 15) is 14.9 Å². The van der Waals surface area contributed by atoms with Gasteiger partial charge in [0.2, 0.25) is 5.91 Å². The molecule has 0 heterocycles. The predicted molar refractivity (Wildman–Crippen MR) is 97.6 cm³/mol. The third kappa shape index (κ3) is 7.21. The molecular weight excluding hydrogens is 328 g/mol. The first-order valence-corrected chi connectivity index (χ1v) is 9.31. The molecule has 1 atom stereocenters. The van der Waals surface area contributed by atoms with Gasteiger partial charge in [-0.15, -0.1) is 11.8 Å². The minimum atomic E-state index is -0.461. The normalized spacial score (nSPS) is 11.8. The number of nitrogens with zero attached hydrogens (tertiary/aromatic N) is 1. The second kappa shape index (κ2) is 10.9. The zero-order valence-electron chi connectivity index (χ0n) is 14.5. The molecule has 1 rings (SSSR count). The first kappa shape index (κ1) is 20.3. The highest BCUT2D eigenvalue weighted by molar-refractivity contribution is 7.99. The van der Waals surface area contributed by atoms with Gasteiger partial charge in [0, 0.05) is 17.9 Å². The highest BCUT2D eigenvalue weighted by Crippen LogP contribution is 2.28. The maximum absolute atomic E-state index is 11.9. The van der Waals surface area contributed by atoms with Crippen LogP contribution in [0.5, 0.6) is 5.75 Å². The Morgan fingerprint density at radius 3 is 2.79 bits per heavy atom. The molecule has 1 aromatic rings. The maximum atomic E-state index is 11.9. The Morgan fingerprint density at radius 2 is 2.17 bits per heavy atom. The number of hydrogen-bond acceptors (Lipinski definition) is 5. The fourth-order valence-electron chi connectivity index (χ4n) is 2.32. The molecule has 0 aliphatic heterocycles. The van der Waals surface area contributed by atoms with E-state index in [-0.39, 0.29) is 23.4 Å². The fourth-order valence-corrected chi connectivity index (χ4v) is 3.10. The second-order valence-electron chi connectivity index (χ2n) is 5.72. The van der Waals surface area contributed by atoms with Crippen molar-refractivity contribution >= 4 is 23.4 Å². The van der Waals surface area contributed by atoms with Crippen LogP contribution in [-0.2, 0) is 10.5 Å². The summed E-state index contributed by atoms with van der Waals surface area (Å²) >= 11 is 1.44. The number of amides is 1.